The molecule has 0 amide bonds. The van der Waals surface area contributed by atoms with E-state index in [0.29, 0.717) is 0 Å². The maximum atomic E-state index is 10.7. The summed E-state index contributed by atoms with van der Waals surface area (Å²) in [7, 11) is 0. The largest absolute Gasteiger partial charge is 2.00 e. The smallest absolute Gasteiger partial charge is 0.867 e. The van der Waals surface area contributed by atoms with Crippen molar-refractivity contribution in [2.75, 3.05) is 0 Å². The molecule has 0 atom stereocenters. The van der Waals surface area contributed by atoms with Crippen LogP contribution in [-0.2, 0) is 19.5 Å². The van der Waals surface area contributed by atoms with Crippen molar-refractivity contribution in [2.24, 2.45) is 0 Å². The van der Waals surface area contributed by atoms with Crippen LogP contribution in [0.1, 0.15) is 31.1 Å². The van der Waals surface area contributed by atoms with Crippen molar-refractivity contribution >= 4 is 17.9 Å². The molecule has 3 aromatic carbocycles. The molecular formula is C21H15LiO15Zn. The molecule has 0 saturated heterocycles. The van der Waals surface area contributed by atoms with Crippen LogP contribution in [0, 0.1) is 0 Å². The minimum absolute atomic E-state index is 0. The minimum atomic E-state index is -1.32. The van der Waals surface area contributed by atoms with E-state index < -0.39 is 69.7 Å². The van der Waals surface area contributed by atoms with Gasteiger partial charge in [0.1, 0.15) is 34.5 Å². The molecule has 38 heavy (non-hydrogen) atoms. The number of benzene rings is 3. The van der Waals surface area contributed by atoms with Crippen LogP contribution in [0.25, 0.3) is 0 Å². The molecule has 192 valence electrons. The summed E-state index contributed by atoms with van der Waals surface area (Å²) in [6.45, 7) is 0. The molecule has 3 aromatic rings. The van der Waals surface area contributed by atoms with Gasteiger partial charge in [-0.25, -0.2) is 14.4 Å². The van der Waals surface area contributed by atoms with E-state index in [-0.39, 0.29) is 55.0 Å². The second-order valence-electron chi connectivity index (χ2n) is 6.45. The molecule has 0 saturated carbocycles. The number of rotatable bonds is 3. The number of carbonyl (C=O) groups is 3. The zero-order valence-corrected chi connectivity index (χ0v) is 22.1. The Hall–Kier alpha value is -4.51. The second-order valence-corrected chi connectivity index (χ2v) is 6.45. The quantitative estimate of drug-likeness (QED) is 0.137. The molecule has 0 aliphatic rings. The summed E-state index contributed by atoms with van der Waals surface area (Å²) < 4.78 is 0. The Kier molecular flexibility index (Phi) is 14.0. The first-order valence-electron chi connectivity index (χ1n) is 8.95. The van der Waals surface area contributed by atoms with E-state index >= 15 is 0 Å². The third kappa shape index (κ3) is 9.51. The zero-order chi connectivity index (χ0) is 27.9. The standard InChI is InChI=1S/3C7H6O5.Li.Zn/c3*8-4-1-3(7(11)12)2-5(9)6(4)10;;/h3*1-2,8-10H,(H,11,12);;/q;;;+1;+2/p-3. The Morgan fingerprint density at radius 1 is 0.447 bits per heavy atom. The van der Waals surface area contributed by atoms with Crippen LogP contribution in [0.4, 0.5) is 0 Å². The second kappa shape index (κ2) is 14.9. The Labute approximate surface area is 236 Å². The summed E-state index contributed by atoms with van der Waals surface area (Å²) >= 11 is 0. The van der Waals surface area contributed by atoms with E-state index in [9.17, 15) is 29.7 Å². The van der Waals surface area contributed by atoms with E-state index in [4.69, 9.17) is 46.0 Å². The van der Waals surface area contributed by atoms with Crippen molar-refractivity contribution in [3.63, 3.8) is 0 Å². The average molecular weight is 580 g/mol. The van der Waals surface area contributed by atoms with Gasteiger partial charge in [0.15, 0.2) is 0 Å². The fourth-order valence-corrected chi connectivity index (χ4v) is 2.17. The number of phenols is 6. The normalized spacial score (nSPS) is 9.16. The van der Waals surface area contributed by atoms with Gasteiger partial charge in [-0.15, -0.1) is 0 Å². The molecule has 0 radical (unpaired) electrons. The topological polar surface area (TPSA) is 302 Å². The third-order valence-electron chi connectivity index (χ3n) is 3.89. The molecule has 3 rings (SSSR count). The van der Waals surface area contributed by atoms with Gasteiger partial charge in [0.25, 0.3) is 0 Å². The fraction of sp³-hybridized carbons (Fsp3) is 0. The predicted octanol–water partition coefficient (Wildman–Crippen LogP) is -3.39. The molecule has 0 bridgehead atoms. The first kappa shape index (κ1) is 35.7. The van der Waals surface area contributed by atoms with E-state index in [1.807, 2.05) is 0 Å². The van der Waals surface area contributed by atoms with Crippen LogP contribution in [0.2, 0.25) is 0 Å². The molecule has 0 aliphatic carbocycles. The van der Waals surface area contributed by atoms with Crippen LogP contribution in [0.3, 0.4) is 0 Å². The van der Waals surface area contributed by atoms with Crippen LogP contribution in [-0.4, -0.2) is 63.9 Å². The molecule has 9 N–H and O–H groups in total. The Balaban J connectivity index is 0. The first-order valence-corrected chi connectivity index (χ1v) is 8.95. The van der Waals surface area contributed by atoms with Crippen LogP contribution in [0.5, 0.6) is 51.7 Å². The van der Waals surface area contributed by atoms with E-state index in [2.05, 4.69) is 0 Å². The van der Waals surface area contributed by atoms with Crippen molar-refractivity contribution in [3.05, 3.63) is 53.1 Å². The van der Waals surface area contributed by atoms with Gasteiger partial charge in [-0.05, 0) is 53.6 Å². The van der Waals surface area contributed by atoms with Gasteiger partial charge in [0.2, 0.25) is 0 Å². The molecular weight excluding hydrogens is 565 g/mol. The number of phenolic OH excluding ortho intramolecular Hbond substituents is 6. The predicted molar refractivity (Wildman–Crippen MR) is 109 cm³/mol. The monoisotopic (exact) mass is 578 g/mol. The summed E-state index contributed by atoms with van der Waals surface area (Å²) in [5.41, 5.74) is -0.987. The number of aromatic carboxylic acids is 3. The molecule has 15 nitrogen and oxygen atoms in total. The van der Waals surface area contributed by atoms with E-state index in [1.165, 1.54) is 0 Å². The summed E-state index contributed by atoms with van der Waals surface area (Å²) in [6, 6.07) is 4.69. The molecule has 0 aromatic heterocycles. The molecule has 0 aliphatic heterocycles. The molecule has 0 spiro atoms. The van der Waals surface area contributed by atoms with Crippen LogP contribution >= 0.6 is 0 Å². The number of aromatic hydroxyl groups is 6. The van der Waals surface area contributed by atoms with Crippen molar-refractivity contribution < 1.29 is 114 Å². The number of carboxylic acids is 3. The summed E-state index contributed by atoms with van der Waals surface area (Å²) in [6.07, 6.45) is 0. The van der Waals surface area contributed by atoms with E-state index in [1.54, 1.807) is 0 Å². The van der Waals surface area contributed by atoms with Crippen molar-refractivity contribution in [1.82, 2.24) is 0 Å². The maximum absolute atomic E-state index is 10.7. The summed E-state index contributed by atoms with van der Waals surface area (Å²) in [5, 5.41) is 110. The maximum Gasteiger partial charge on any atom is 2.00 e. The third-order valence-corrected chi connectivity index (χ3v) is 3.89. The molecule has 0 heterocycles. The Morgan fingerprint density at radius 3 is 0.684 bits per heavy atom. The SMILES string of the molecule is O=C(O)c1cc(O)c([O-])c(O)c1.O=C(O)c1cc(O)c([O-])c(O)c1.O=C(O)c1cc(O)c([O-])c(O)c1.[Li+].[Zn+2]. The van der Waals surface area contributed by atoms with Crippen molar-refractivity contribution in [2.45, 2.75) is 0 Å². The summed E-state index contributed by atoms with van der Waals surface area (Å²) in [4.78, 5) is 30.9. The van der Waals surface area contributed by atoms with Gasteiger partial charge >= 0.3 is 56.2 Å². The van der Waals surface area contributed by atoms with Gasteiger partial charge < -0.3 is 61.3 Å². The van der Waals surface area contributed by atoms with Gasteiger partial charge in [-0.2, -0.15) is 0 Å². The molecule has 0 unspecified atom stereocenters. The Morgan fingerprint density at radius 2 is 0.579 bits per heavy atom. The average Bonchev–Trinajstić information content (AvgIpc) is 2.79. The molecule has 17 heteroatoms. The molecule has 0 fully saturated rings. The van der Waals surface area contributed by atoms with Gasteiger partial charge in [0.05, 0.1) is 16.7 Å². The number of hydrogen-bond donors (Lipinski definition) is 9. The summed E-state index contributed by atoms with van der Waals surface area (Å²) in [5.74, 6) is -11.5. The number of hydrogen-bond acceptors (Lipinski definition) is 12. The van der Waals surface area contributed by atoms with Crippen molar-refractivity contribution in [1.29, 1.82) is 0 Å². The van der Waals surface area contributed by atoms with Gasteiger partial charge in [-0.3, -0.25) is 0 Å². The Bertz CT molecular complexity index is 1100. The minimum Gasteiger partial charge on any atom is -0.867 e. The number of carboxylic acid groups (broad SMARTS) is 3. The first-order chi connectivity index (χ1) is 16.6. The zero-order valence-electron chi connectivity index (χ0n) is 19.1. The van der Waals surface area contributed by atoms with Crippen LogP contribution in [0.15, 0.2) is 36.4 Å². The van der Waals surface area contributed by atoms with E-state index in [0.717, 1.165) is 36.4 Å². The van der Waals surface area contributed by atoms with Crippen molar-refractivity contribution in [3.8, 4) is 51.7 Å². The fourth-order valence-electron chi connectivity index (χ4n) is 2.17. The van der Waals surface area contributed by atoms with Gasteiger partial charge in [0, 0.05) is 0 Å². The van der Waals surface area contributed by atoms with Gasteiger partial charge in [-0.1, -0.05) is 0 Å². The van der Waals surface area contributed by atoms with Crippen LogP contribution < -0.4 is 34.2 Å².